The lowest BCUT2D eigenvalue weighted by Gasteiger charge is -2.26. The number of carbonyl (C=O) groups excluding carboxylic acids is 1. The molecule has 0 aromatic carbocycles. The molecule has 178 valence electrons. The van der Waals surface area contributed by atoms with E-state index in [0.717, 1.165) is 54.2 Å². The molecule has 0 radical (unpaired) electrons. The van der Waals surface area contributed by atoms with Crippen LogP contribution in [0, 0.1) is 11.3 Å². The zero-order chi connectivity index (χ0) is 23.8. The van der Waals surface area contributed by atoms with Gasteiger partial charge in [0.05, 0.1) is 11.7 Å². The van der Waals surface area contributed by atoms with Crippen LogP contribution in [0.1, 0.15) is 43.9 Å². The van der Waals surface area contributed by atoms with Crippen LogP contribution in [-0.4, -0.2) is 56.6 Å². The molecule has 0 bridgehead atoms. The third kappa shape index (κ3) is 3.90. The largest absolute Gasteiger partial charge is 0.453 e. The smallest absolute Gasteiger partial charge is 0.264 e. The number of rotatable bonds is 4. The number of hydrogen-bond acceptors (Lipinski definition) is 6. The minimum absolute atomic E-state index is 0.0870. The molecule has 9 nitrogen and oxygen atoms in total. The van der Waals surface area contributed by atoms with Gasteiger partial charge in [0.2, 0.25) is 0 Å². The number of aromatic nitrogens is 4. The van der Waals surface area contributed by atoms with Gasteiger partial charge in [0.1, 0.15) is 28.6 Å². The summed E-state index contributed by atoms with van der Waals surface area (Å²) in [5.74, 6) is 1.52. The number of H-pyrrole nitrogens is 1. The Kier molecular flexibility index (Phi) is 5.58. The van der Waals surface area contributed by atoms with Crippen molar-refractivity contribution < 1.29 is 13.9 Å². The number of nitriles is 1. The first-order valence-corrected chi connectivity index (χ1v) is 12.2. The molecule has 6 heterocycles. The number of nitrogens with zero attached hydrogens (tertiary/aromatic N) is 5. The molecule has 1 amide bonds. The number of likely N-dealkylation sites (tertiary alicyclic amines) is 1. The molecule has 6 rings (SSSR count). The van der Waals surface area contributed by atoms with Crippen molar-refractivity contribution in [2.45, 2.75) is 38.1 Å². The summed E-state index contributed by atoms with van der Waals surface area (Å²) in [6.45, 7) is 2.78. The van der Waals surface area contributed by atoms with Gasteiger partial charge in [0.25, 0.3) is 5.91 Å². The number of ether oxygens (including phenoxy) is 1. The Balaban J connectivity index is 1.41. The van der Waals surface area contributed by atoms with Crippen LogP contribution in [0.5, 0.6) is 0 Å². The molecule has 4 aromatic rings. The maximum Gasteiger partial charge on any atom is 0.264 e. The first kappa shape index (κ1) is 21.6. The maximum absolute atomic E-state index is 12.8. The lowest BCUT2D eigenvalue weighted by Crippen LogP contribution is -2.36. The predicted octanol–water partition coefficient (Wildman–Crippen LogP) is 4.44. The lowest BCUT2D eigenvalue weighted by molar-refractivity contribution is -0.127. The van der Waals surface area contributed by atoms with E-state index in [0.29, 0.717) is 43.6 Å². The Labute approximate surface area is 202 Å². The van der Waals surface area contributed by atoms with Crippen molar-refractivity contribution >= 4 is 34.1 Å². The van der Waals surface area contributed by atoms with E-state index in [1.807, 2.05) is 18.3 Å². The molecular weight excluding hydrogens is 444 g/mol. The van der Waals surface area contributed by atoms with Crippen molar-refractivity contribution in [2.75, 3.05) is 26.3 Å². The average Bonchev–Trinajstić information content (AvgIpc) is 3.65. The minimum atomic E-state index is -0.236. The van der Waals surface area contributed by atoms with E-state index in [4.69, 9.17) is 14.1 Å². The van der Waals surface area contributed by atoms with Crippen molar-refractivity contribution in [1.29, 1.82) is 5.26 Å². The Morgan fingerprint density at radius 1 is 1.17 bits per heavy atom. The highest BCUT2D eigenvalue weighted by Crippen LogP contribution is 2.36. The highest BCUT2D eigenvalue weighted by molar-refractivity contribution is 6.03. The van der Waals surface area contributed by atoms with Gasteiger partial charge in [-0.3, -0.25) is 4.79 Å². The van der Waals surface area contributed by atoms with E-state index in [-0.39, 0.29) is 17.5 Å². The molecule has 35 heavy (non-hydrogen) atoms. The van der Waals surface area contributed by atoms with Crippen LogP contribution in [0.2, 0.25) is 0 Å². The molecule has 9 heteroatoms. The summed E-state index contributed by atoms with van der Waals surface area (Å²) in [5, 5.41) is 10.7. The number of pyridine rings is 1. The fourth-order valence-corrected chi connectivity index (χ4v) is 5.17. The van der Waals surface area contributed by atoms with Crippen LogP contribution in [0.25, 0.3) is 39.7 Å². The summed E-state index contributed by atoms with van der Waals surface area (Å²) >= 11 is 0. The zero-order valence-electron chi connectivity index (χ0n) is 19.4. The molecule has 4 aromatic heterocycles. The average molecular weight is 471 g/mol. The van der Waals surface area contributed by atoms with Crippen LogP contribution < -0.4 is 0 Å². The number of carbonyl (C=O) groups is 1. The van der Waals surface area contributed by atoms with Gasteiger partial charge in [-0.25, -0.2) is 9.97 Å². The molecule has 2 saturated heterocycles. The molecule has 2 aliphatic heterocycles. The van der Waals surface area contributed by atoms with Gasteiger partial charge < -0.3 is 23.6 Å². The zero-order valence-corrected chi connectivity index (χ0v) is 19.4. The second-order valence-electron chi connectivity index (χ2n) is 9.11. The molecule has 1 N–H and O–H groups in total. The van der Waals surface area contributed by atoms with Crippen molar-refractivity contribution in [2.24, 2.45) is 0 Å². The first-order valence-electron chi connectivity index (χ1n) is 12.2. The van der Waals surface area contributed by atoms with Gasteiger partial charge in [0.15, 0.2) is 11.6 Å². The first-order chi connectivity index (χ1) is 17.2. The highest BCUT2D eigenvalue weighted by atomic mass is 16.5. The number of aromatic amines is 1. The molecule has 2 fully saturated rings. The number of fused-ring (bicyclic) bond motifs is 3. The van der Waals surface area contributed by atoms with E-state index >= 15 is 0 Å². The normalized spacial score (nSPS) is 17.8. The molecule has 0 unspecified atom stereocenters. The Morgan fingerprint density at radius 2 is 2.00 bits per heavy atom. The van der Waals surface area contributed by atoms with E-state index in [9.17, 15) is 10.1 Å². The third-order valence-electron chi connectivity index (χ3n) is 6.92. The van der Waals surface area contributed by atoms with Crippen LogP contribution in [0.4, 0.5) is 0 Å². The van der Waals surface area contributed by atoms with E-state index < -0.39 is 0 Å². The van der Waals surface area contributed by atoms with Gasteiger partial charge >= 0.3 is 0 Å². The standard InChI is InChI=1S/C26H26N6O3/c27-15-17(26(33)31-10-2-1-3-11-31)14-19-4-5-22(35-19)25-30-21-16-29-24-20(6-9-28-24)23(21)32(25)18-7-12-34-13-8-18/h4-6,9,14,16,18H,1-3,7-8,10-13H2,(H,28,29)/b17-14+. The molecule has 0 atom stereocenters. The Bertz CT molecular complexity index is 1460. The second-order valence-corrected chi connectivity index (χ2v) is 9.11. The van der Waals surface area contributed by atoms with Gasteiger partial charge in [-0.05, 0) is 50.3 Å². The summed E-state index contributed by atoms with van der Waals surface area (Å²) in [6, 6.07) is 7.93. The molecule has 0 spiro atoms. The number of nitrogens with one attached hydrogen (secondary N) is 1. The second kappa shape index (κ2) is 9.04. The minimum Gasteiger partial charge on any atom is -0.453 e. The maximum atomic E-state index is 12.8. The molecule has 2 aliphatic rings. The monoisotopic (exact) mass is 470 g/mol. The van der Waals surface area contributed by atoms with Crippen LogP contribution >= 0.6 is 0 Å². The summed E-state index contributed by atoms with van der Waals surface area (Å²) in [6.07, 6.45) is 10.0. The molecule has 0 saturated carbocycles. The quantitative estimate of drug-likeness (QED) is 0.348. The number of hydrogen-bond donors (Lipinski definition) is 1. The number of furan rings is 1. The number of amides is 1. The summed E-state index contributed by atoms with van der Waals surface area (Å²) in [7, 11) is 0. The van der Waals surface area contributed by atoms with Crippen LogP contribution in [0.3, 0.4) is 0 Å². The summed E-state index contributed by atoms with van der Waals surface area (Å²) < 4.78 is 14.0. The van der Waals surface area contributed by atoms with E-state index in [1.54, 1.807) is 17.2 Å². The van der Waals surface area contributed by atoms with Gasteiger partial charge in [-0.1, -0.05) is 0 Å². The van der Waals surface area contributed by atoms with Gasteiger partial charge in [0, 0.05) is 50.0 Å². The predicted molar refractivity (Wildman–Crippen MR) is 130 cm³/mol. The van der Waals surface area contributed by atoms with Crippen molar-refractivity contribution in [3.63, 3.8) is 0 Å². The summed E-state index contributed by atoms with van der Waals surface area (Å²) in [4.78, 5) is 27.2. The lowest BCUT2D eigenvalue weighted by atomic mass is 10.1. The Hall–Kier alpha value is -3.90. The third-order valence-corrected chi connectivity index (χ3v) is 6.92. The topological polar surface area (TPSA) is 113 Å². The van der Waals surface area contributed by atoms with Crippen molar-refractivity contribution in [3.8, 4) is 17.7 Å². The van der Waals surface area contributed by atoms with Crippen LogP contribution in [-0.2, 0) is 9.53 Å². The van der Waals surface area contributed by atoms with E-state index in [2.05, 4.69) is 20.6 Å². The Morgan fingerprint density at radius 3 is 2.80 bits per heavy atom. The SMILES string of the molecule is N#C/C(=C\c1ccc(-c2nc3cnc4[nH]ccc4c3n2C2CCOCC2)o1)C(=O)N1CCCCC1. The van der Waals surface area contributed by atoms with Gasteiger partial charge in [-0.2, -0.15) is 5.26 Å². The molecule has 0 aliphatic carbocycles. The van der Waals surface area contributed by atoms with E-state index in [1.165, 1.54) is 6.08 Å². The fourth-order valence-electron chi connectivity index (χ4n) is 5.17. The number of piperidine rings is 1. The molecular formula is C26H26N6O3. The highest BCUT2D eigenvalue weighted by Gasteiger charge is 2.26. The fraction of sp³-hybridized carbons (Fsp3) is 0.385. The summed E-state index contributed by atoms with van der Waals surface area (Å²) in [5.41, 5.74) is 2.72. The van der Waals surface area contributed by atoms with Crippen molar-refractivity contribution in [1.82, 2.24) is 24.4 Å². The van der Waals surface area contributed by atoms with Gasteiger partial charge in [-0.15, -0.1) is 0 Å². The van der Waals surface area contributed by atoms with Crippen LogP contribution in [0.15, 0.2) is 40.6 Å². The van der Waals surface area contributed by atoms with Crippen molar-refractivity contribution in [3.05, 3.63) is 41.9 Å². The number of imidazole rings is 1.